The lowest BCUT2D eigenvalue weighted by Gasteiger charge is -2.33. The fourth-order valence-electron chi connectivity index (χ4n) is 3.05. The van der Waals surface area contributed by atoms with Crippen molar-refractivity contribution in [2.45, 2.75) is 57.5 Å². The van der Waals surface area contributed by atoms with Crippen molar-refractivity contribution in [1.29, 1.82) is 0 Å². The van der Waals surface area contributed by atoms with Crippen LogP contribution in [0.2, 0.25) is 0 Å². The third-order valence-corrected chi connectivity index (χ3v) is 6.15. The summed E-state index contributed by atoms with van der Waals surface area (Å²) in [6, 6.07) is 5.02. The highest BCUT2D eigenvalue weighted by molar-refractivity contribution is 7.89. The summed E-state index contributed by atoms with van der Waals surface area (Å²) >= 11 is 0. The minimum absolute atomic E-state index is 0.0633. The van der Waals surface area contributed by atoms with Gasteiger partial charge in [0.05, 0.1) is 11.5 Å². The maximum atomic E-state index is 12.5. The van der Waals surface area contributed by atoms with Crippen LogP contribution in [-0.4, -0.2) is 20.1 Å². The number of benzene rings is 1. The van der Waals surface area contributed by atoms with Gasteiger partial charge in [0.25, 0.3) is 0 Å². The van der Waals surface area contributed by atoms with Crippen molar-refractivity contribution in [3.8, 4) is 0 Å². The Balaban J connectivity index is 2.15. The third-order valence-electron chi connectivity index (χ3n) is 4.61. The molecule has 4 nitrogen and oxygen atoms in total. The number of aliphatic hydroxyl groups is 1. The van der Waals surface area contributed by atoms with Gasteiger partial charge in [-0.15, -0.1) is 0 Å². The van der Waals surface area contributed by atoms with E-state index in [1.165, 1.54) is 19.3 Å². The SMILES string of the molecule is Cc1c(CO)cccc1S(=O)(=O)NCC1(C)CCCCC1. The zero-order chi connectivity index (χ0) is 15.5. The molecule has 0 bridgehead atoms. The quantitative estimate of drug-likeness (QED) is 0.878. The van der Waals surface area contributed by atoms with Crippen molar-refractivity contribution in [3.05, 3.63) is 29.3 Å². The Hall–Kier alpha value is -0.910. The molecule has 1 aromatic carbocycles. The smallest absolute Gasteiger partial charge is 0.240 e. The molecule has 21 heavy (non-hydrogen) atoms. The molecule has 118 valence electrons. The number of sulfonamides is 1. The highest BCUT2D eigenvalue weighted by Gasteiger charge is 2.29. The Morgan fingerprint density at radius 3 is 2.52 bits per heavy atom. The van der Waals surface area contributed by atoms with E-state index in [9.17, 15) is 13.5 Å². The van der Waals surface area contributed by atoms with Crippen LogP contribution in [-0.2, 0) is 16.6 Å². The van der Waals surface area contributed by atoms with Gasteiger partial charge in [0.2, 0.25) is 10.0 Å². The van der Waals surface area contributed by atoms with Crippen LogP contribution in [0.5, 0.6) is 0 Å². The highest BCUT2D eigenvalue weighted by Crippen LogP contribution is 2.35. The van der Waals surface area contributed by atoms with Gasteiger partial charge in [-0.3, -0.25) is 0 Å². The Morgan fingerprint density at radius 2 is 1.90 bits per heavy atom. The molecule has 1 saturated carbocycles. The number of hydrogen-bond acceptors (Lipinski definition) is 3. The van der Waals surface area contributed by atoms with Crippen LogP contribution in [0.4, 0.5) is 0 Å². The number of hydrogen-bond donors (Lipinski definition) is 2. The zero-order valence-corrected chi connectivity index (χ0v) is 13.7. The van der Waals surface area contributed by atoms with E-state index in [2.05, 4.69) is 11.6 Å². The molecule has 5 heteroatoms. The predicted octanol–water partition coefficient (Wildman–Crippen LogP) is 2.74. The summed E-state index contributed by atoms with van der Waals surface area (Å²) in [4.78, 5) is 0.272. The van der Waals surface area contributed by atoms with Crippen LogP contribution in [0.25, 0.3) is 0 Å². The van der Waals surface area contributed by atoms with Gasteiger partial charge in [-0.25, -0.2) is 13.1 Å². The topological polar surface area (TPSA) is 66.4 Å². The average molecular weight is 311 g/mol. The van der Waals surface area contributed by atoms with Crippen molar-refractivity contribution in [1.82, 2.24) is 4.72 Å². The first-order valence-corrected chi connectivity index (χ1v) is 9.05. The molecule has 0 radical (unpaired) electrons. The van der Waals surface area contributed by atoms with Crippen LogP contribution < -0.4 is 4.72 Å². The fourth-order valence-corrected chi connectivity index (χ4v) is 4.54. The molecule has 0 aromatic heterocycles. The molecular formula is C16H25NO3S. The number of rotatable bonds is 5. The van der Waals surface area contributed by atoms with Gasteiger partial charge < -0.3 is 5.11 Å². The van der Waals surface area contributed by atoms with Crippen LogP contribution in [0.1, 0.15) is 50.2 Å². The Morgan fingerprint density at radius 1 is 1.24 bits per heavy atom. The maximum Gasteiger partial charge on any atom is 0.240 e. The van der Waals surface area contributed by atoms with E-state index >= 15 is 0 Å². The van der Waals surface area contributed by atoms with Crippen LogP contribution >= 0.6 is 0 Å². The molecule has 1 aliphatic carbocycles. The number of nitrogens with one attached hydrogen (secondary N) is 1. The second-order valence-corrected chi connectivity index (χ2v) is 8.13. The van der Waals surface area contributed by atoms with E-state index in [0.717, 1.165) is 12.8 Å². The fraction of sp³-hybridized carbons (Fsp3) is 0.625. The summed E-state index contributed by atoms with van der Waals surface area (Å²) in [7, 11) is -3.52. The first kappa shape index (κ1) is 16.5. The van der Waals surface area contributed by atoms with Crippen molar-refractivity contribution in [2.75, 3.05) is 6.54 Å². The lowest BCUT2D eigenvalue weighted by atomic mass is 9.76. The van der Waals surface area contributed by atoms with Gasteiger partial charge in [-0.2, -0.15) is 0 Å². The molecule has 0 atom stereocenters. The Kier molecular flexibility index (Phi) is 5.07. The zero-order valence-electron chi connectivity index (χ0n) is 12.9. The van der Waals surface area contributed by atoms with Crippen LogP contribution in [0, 0.1) is 12.3 Å². The standard InChI is InChI=1S/C16H25NO3S/c1-13-14(11-18)7-6-8-15(13)21(19,20)17-12-16(2)9-4-3-5-10-16/h6-8,17-18H,3-5,9-12H2,1-2H3. The first-order valence-electron chi connectivity index (χ1n) is 7.57. The summed E-state index contributed by atoms with van der Waals surface area (Å²) in [5, 5.41) is 9.27. The minimum atomic E-state index is -3.52. The molecule has 2 rings (SSSR count). The molecule has 2 N–H and O–H groups in total. The van der Waals surface area contributed by atoms with Gasteiger partial charge in [-0.05, 0) is 42.4 Å². The largest absolute Gasteiger partial charge is 0.392 e. The molecule has 1 aromatic rings. The van der Waals surface area contributed by atoms with E-state index in [4.69, 9.17) is 0 Å². The lowest BCUT2D eigenvalue weighted by Crippen LogP contribution is -2.37. The summed E-state index contributed by atoms with van der Waals surface area (Å²) in [6.07, 6.45) is 5.75. The second-order valence-electron chi connectivity index (χ2n) is 6.39. The molecule has 1 fully saturated rings. The summed E-state index contributed by atoms with van der Waals surface area (Å²) < 4.78 is 27.8. The minimum Gasteiger partial charge on any atom is -0.392 e. The molecular weight excluding hydrogens is 286 g/mol. The normalized spacial score (nSPS) is 18.6. The molecule has 0 aliphatic heterocycles. The monoisotopic (exact) mass is 311 g/mol. The Bertz CT molecular complexity index is 590. The lowest BCUT2D eigenvalue weighted by molar-refractivity contribution is 0.219. The summed E-state index contributed by atoms with van der Waals surface area (Å²) in [6.45, 7) is 4.24. The second kappa shape index (κ2) is 6.46. The van der Waals surface area contributed by atoms with Gasteiger partial charge in [0.1, 0.15) is 0 Å². The van der Waals surface area contributed by atoms with Crippen LogP contribution in [0.15, 0.2) is 23.1 Å². The molecule has 1 aliphatic rings. The van der Waals surface area contributed by atoms with Gasteiger partial charge in [0, 0.05) is 6.54 Å². The van der Waals surface area contributed by atoms with Crippen molar-refractivity contribution < 1.29 is 13.5 Å². The maximum absolute atomic E-state index is 12.5. The van der Waals surface area contributed by atoms with Gasteiger partial charge >= 0.3 is 0 Å². The van der Waals surface area contributed by atoms with Crippen molar-refractivity contribution in [2.24, 2.45) is 5.41 Å². The van der Waals surface area contributed by atoms with E-state index in [-0.39, 0.29) is 16.9 Å². The molecule has 0 heterocycles. The van der Waals surface area contributed by atoms with Gasteiger partial charge in [-0.1, -0.05) is 38.3 Å². The Labute approximate surface area is 127 Å². The molecule has 0 saturated heterocycles. The highest BCUT2D eigenvalue weighted by atomic mass is 32.2. The van der Waals surface area contributed by atoms with Crippen LogP contribution in [0.3, 0.4) is 0 Å². The third kappa shape index (κ3) is 3.84. The number of aliphatic hydroxyl groups excluding tert-OH is 1. The molecule has 0 spiro atoms. The van der Waals surface area contributed by atoms with Crippen molar-refractivity contribution in [3.63, 3.8) is 0 Å². The molecule has 0 unspecified atom stereocenters. The predicted molar refractivity (Wildman–Crippen MR) is 83.5 cm³/mol. The molecule has 0 amide bonds. The summed E-state index contributed by atoms with van der Waals surface area (Å²) in [5.41, 5.74) is 1.34. The van der Waals surface area contributed by atoms with E-state index in [1.807, 2.05) is 0 Å². The van der Waals surface area contributed by atoms with E-state index in [1.54, 1.807) is 25.1 Å². The van der Waals surface area contributed by atoms with E-state index in [0.29, 0.717) is 17.7 Å². The summed E-state index contributed by atoms with van der Waals surface area (Å²) in [5.74, 6) is 0. The van der Waals surface area contributed by atoms with Gasteiger partial charge in [0.15, 0.2) is 0 Å². The van der Waals surface area contributed by atoms with Crippen molar-refractivity contribution >= 4 is 10.0 Å². The average Bonchev–Trinajstić information content (AvgIpc) is 2.46. The van der Waals surface area contributed by atoms with E-state index < -0.39 is 10.0 Å². The first-order chi connectivity index (χ1) is 9.88.